The summed E-state index contributed by atoms with van der Waals surface area (Å²) in [5, 5.41) is 121. The van der Waals surface area contributed by atoms with Crippen LogP contribution in [0.25, 0.3) is 0 Å². The van der Waals surface area contributed by atoms with E-state index >= 15 is 0 Å². The molecule has 17 atom stereocenters. The van der Waals surface area contributed by atoms with Crippen LogP contribution in [-0.2, 0) is 33.2 Å². The second-order valence-electron chi connectivity index (χ2n) is 30.3. The molecule has 0 bridgehead atoms. The molecule has 3 fully saturated rings. The summed E-state index contributed by atoms with van der Waals surface area (Å²) in [5.41, 5.74) is 0. The number of aliphatic hydroxyl groups excluding tert-OH is 11. The molecule has 0 saturated carbocycles. The third-order valence-electron chi connectivity index (χ3n) is 21.2. The summed E-state index contributed by atoms with van der Waals surface area (Å²) < 4.78 is 34.5. The van der Waals surface area contributed by atoms with Gasteiger partial charge in [-0.2, -0.15) is 0 Å². The molecule has 0 aliphatic carbocycles. The van der Waals surface area contributed by atoms with Gasteiger partial charge in [0.2, 0.25) is 5.91 Å². The fourth-order valence-electron chi connectivity index (χ4n) is 14.4. The Labute approximate surface area is 619 Å². The number of carbonyl (C=O) groups is 1. The molecule has 0 spiro atoms. The van der Waals surface area contributed by atoms with Crippen molar-refractivity contribution in [2.75, 3.05) is 26.4 Å². The molecular weight excluding hydrogens is 1300 g/mol. The lowest BCUT2D eigenvalue weighted by atomic mass is 9.96. The van der Waals surface area contributed by atoms with Gasteiger partial charge in [0.25, 0.3) is 0 Å². The topological polar surface area (TPSA) is 307 Å². The number of hydrogen-bond acceptors (Lipinski definition) is 18. The molecule has 3 aliphatic rings. The van der Waals surface area contributed by atoms with Gasteiger partial charge in [-0.15, -0.1) is 0 Å². The first-order chi connectivity index (χ1) is 49.8. The quantitative estimate of drug-likeness (QED) is 0.0199. The number of aliphatic hydroxyl groups is 11. The van der Waals surface area contributed by atoms with E-state index in [9.17, 15) is 61.0 Å². The van der Waals surface area contributed by atoms with Crippen molar-refractivity contribution in [3.8, 4) is 0 Å². The predicted molar refractivity (Wildman–Crippen MR) is 406 cm³/mol. The Bertz CT molecular complexity index is 1980. The number of carbonyl (C=O) groups excluding carboxylic acids is 1. The van der Waals surface area contributed by atoms with Gasteiger partial charge in [-0.05, 0) is 51.4 Å². The van der Waals surface area contributed by atoms with Crippen molar-refractivity contribution in [2.24, 2.45) is 0 Å². The maximum absolute atomic E-state index is 13.5. The van der Waals surface area contributed by atoms with E-state index in [0.717, 1.165) is 51.4 Å². The van der Waals surface area contributed by atoms with E-state index in [0.29, 0.717) is 6.42 Å². The van der Waals surface area contributed by atoms with E-state index in [-0.39, 0.29) is 18.9 Å². The van der Waals surface area contributed by atoms with E-state index < -0.39 is 124 Å². The molecule has 3 aliphatic heterocycles. The highest BCUT2D eigenvalue weighted by Gasteiger charge is 2.54. The van der Waals surface area contributed by atoms with E-state index in [4.69, 9.17) is 28.4 Å². The van der Waals surface area contributed by atoms with Crippen LogP contribution < -0.4 is 5.32 Å². The van der Waals surface area contributed by atoms with E-state index in [1.54, 1.807) is 6.08 Å². The number of amides is 1. The lowest BCUT2D eigenvalue weighted by molar-refractivity contribution is -0.379. The summed E-state index contributed by atoms with van der Waals surface area (Å²) in [5.74, 6) is -0.271. The smallest absolute Gasteiger partial charge is 0.220 e. The summed E-state index contributed by atoms with van der Waals surface area (Å²) in [7, 11) is 0. The maximum atomic E-state index is 13.5. The zero-order valence-electron chi connectivity index (χ0n) is 64.4. The zero-order valence-corrected chi connectivity index (χ0v) is 64.4. The minimum Gasteiger partial charge on any atom is -0.394 e. The van der Waals surface area contributed by atoms with Crippen LogP contribution in [0.4, 0.5) is 0 Å². The summed E-state index contributed by atoms with van der Waals surface area (Å²) in [6.45, 7) is 1.78. The molecular formula is C83H155NO18. The van der Waals surface area contributed by atoms with E-state index in [1.165, 1.54) is 276 Å². The average Bonchev–Trinajstić information content (AvgIpc) is 0.781. The third kappa shape index (κ3) is 43.3. The lowest BCUT2D eigenvalue weighted by Gasteiger charge is -2.48. The van der Waals surface area contributed by atoms with Crippen molar-refractivity contribution in [1.29, 1.82) is 0 Å². The normalized spacial score (nSPS) is 26.3. The zero-order chi connectivity index (χ0) is 73.9. The van der Waals surface area contributed by atoms with E-state index in [2.05, 4.69) is 43.5 Å². The van der Waals surface area contributed by atoms with Crippen molar-refractivity contribution in [2.45, 2.75) is 458 Å². The van der Waals surface area contributed by atoms with Gasteiger partial charge in [0.15, 0.2) is 18.9 Å². The number of rotatable bonds is 68. The molecule has 3 heterocycles. The SMILES string of the molecule is CCCCCCC/C=C\C/C=C\CCCCCCCCCCCCCCCC(=O)NC(COC1OC(CO)C(OC2OC(CO)C(OC3OC(CO)C(O)C(O)C3O)C(O)C2O)C(O)C1O)C(O)/C=C/CCCCCCCCCCCCCCCCCCCCCCCCCCCCCCCC. The highest BCUT2D eigenvalue weighted by atomic mass is 16.8. The molecule has 17 unspecified atom stereocenters. The average molecular weight is 1460 g/mol. The second kappa shape index (κ2) is 63.9. The number of unbranched alkanes of at least 4 members (excludes halogenated alkanes) is 48. The second-order valence-corrected chi connectivity index (χ2v) is 30.3. The number of nitrogens with one attached hydrogen (secondary N) is 1. The van der Waals surface area contributed by atoms with Crippen LogP contribution in [0.3, 0.4) is 0 Å². The fraction of sp³-hybridized carbons (Fsp3) is 0.916. The standard InChI is InChI=1S/C83H155NO18/c1-3-5-7-9-11-13-15-17-19-21-23-25-27-29-30-31-32-33-34-35-37-38-40-42-44-46-48-50-52-54-56-58-60-67(88)66(84-71(89)61-59-57-55-53-51-49-47-45-43-41-39-36-28-26-24-22-20-18-16-14-12-10-8-6-4-2)65-97-81-77(95)74(92)79(69(63-86)99-81)102-83-78(96)75(93)80(70(64-87)100-83)101-82-76(94)73(91)72(90)68(62-85)98-82/h16,18,22,24,58,60,66-70,72-83,85-88,90-96H,3-15,17,19-21,23,25-57,59,61-65H2,1-2H3,(H,84,89)/b18-16-,24-22-,60-58+. The molecule has 0 aromatic rings. The van der Waals surface area contributed by atoms with Crippen molar-refractivity contribution in [3.63, 3.8) is 0 Å². The number of allylic oxidation sites excluding steroid dienone is 5. The van der Waals surface area contributed by atoms with Crippen molar-refractivity contribution >= 4 is 5.91 Å². The van der Waals surface area contributed by atoms with Crippen molar-refractivity contribution in [1.82, 2.24) is 5.32 Å². The third-order valence-corrected chi connectivity index (χ3v) is 21.2. The van der Waals surface area contributed by atoms with Crippen LogP contribution in [0.2, 0.25) is 0 Å². The summed E-state index contributed by atoms with van der Waals surface area (Å²) in [6, 6.07) is -0.975. The van der Waals surface area contributed by atoms with Crippen LogP contribution in [0.5, 0.6) is 0 Å². The molecule has 1 amide bonds. The van der Waals surface area contributed by atoms with Crippen LogP contribution >= 0.6 is 0 Å². The molecule has 19 heteroatoms. The molecule has 102 heavy (non-hydrogen) atoms. The highest BCUT2D eigenvalue weighted by Crippen LogP contribution is 2.33. The molecule has 3 saturated heterocycles. The minimum absolute atomic E-state index is 0.244. The van der Waals surface area contributed by atoms with Crippen LogP contribution in [0.1, 0.15) is 354 Å². The Morgan fingerprint density at radius 3 is 1.00 bits per heavy atom. The van der Waals surface area contributed by atoms with Crippen LogP contribution in [0, 0.1) is 0 Å². The Balaban J connectivity index is 1.36. The monoisotopic (exact) mass is 1450 g/mol. The van der Waals surface area contributed by atoms with Gasteiger partial charge in [0, 0.05) is 6.42 Å². The molecule has 12 N–H and O–H groups in total. The van der Waals surface area contributed by atoms with Gasteiger partial charge >= 0.3 is 0 Å². The van der Waals surface area contributed by atoms with Gasteiger partial charge in [0.05, 0.1) is 38.6 Å². The summed E-state index contributed by atoms with van der Waals surface area (Å²) in [4.78, 5) is 13.5. The maximum Gasteiger partial charge on any atom is 0.220 e. The Hall–Kier alpha value is -1.99. The molecule has 0 radical (unpaired) electrons. The largest absolute Gasteiger partial charge is 0.394 e. The predicted octanol–water partition coefficient (Wildman–Crippen LogP) is 14.7. The molecule has 19 nitrogen and oxygen atoms in total. The first kappa shape index (κ1) is 94.2. The first-order valence-corrected chi connectivity index (χ1v) is 42.2. The van der Waals surface area contributed by atoms with Crippen molar-refractivity contribution < 1.29 is 89.4 Å². The van der Waals surface area contributed by atoms with Gasteiger partial charge in [0.1, 0.15) is 73.2 Å². The molecule has 3 rings (SSSR count). The molecule has 0 aromatic carbocycles. The molecule has 0 aromatic heterocycles. The fourth-order valence-corrected chi connectivity index (χ4v) is 14.4. The van der Waals surface area contributed by atoms with Crippen LogP contribution in [0.15, 0.2) is 36.5 Å². The Morgan fingerprint density at radius 2 is 0.647 bits per heavy atom. The summed E-state index contributed by atoms with van der Waals surface area (Å²) >= 11 is 0. The van der Waals surface area contributed by atoms with Gasteiger partial charge in [-0.25, -0.2) is 0 Å². The van der Waals surface area contributed by atoms with Gasteiger partial charge in [-0.1, -0.05) is 333 Å². The summed E-state index contributed by atoms with van der Waals surface area (Å²) in [6.07, 6.45) is 52.8. The van der Waals surface area contributed by atoms with Gasteiger partial charge in [-0.3, -0.25) is 4.79 Å². The highest BCUT2D eigenvalue weighted by molar-refractivity contribution is 5.76. The van der Waals surface area contributed by atoms with Crippen molar-refractivity contribution in [3.05, 3.63) is 36.5 Å². The molecule has 600 valence electrons. The number of hydrogen-bond donors (Lipinski definition) is 12. The number of ether oxygens (including phenoxy) is 6. The van der Waals surface area contributed by atoms with E-state index in [1.807, 2.05) is 6.08 Å². The Kier molecular flexibility index (Phi) is 59.0. The van der Waals surface area contributed by atoms with Gasteiger partial charge < -0.3 is 89.9 Å². The lowest BCUT2D eigenvalue weighted by Crippen LogP contribution is -2.66. The minimum atomic E-state index is -1.98. The Morgan fingerprint density at radius 1 is 0.353 bits per heavy atom. The van der Waals surface area contributed by atoms with Crippen LogP contribution in [-0.4, -0.2) is 193 Å². The first-order valence-electron chi connectivity index (χ1n) is 42.2.